The van der Waals surface area contributed by atoms with Crippen LogP contribution in [0.3, 0.4) is 0 Å². The summed E-state index contributed by atoms with van der Waals surface area (Å²) in [7, 11) is 0. The number of pyridine rings is 1. The molecule has 2 aromatic rings. The van der Waals surface area contributed by atoms with E-state index in [-0.39, 0.29) is 6.61 Å². The van der Waals surface area contributed by atoms with Gasteiger partial charge in [0.25, 0.3) is 0 Å². The van der Waals surface area contributed by atoms with Crippen LogP contribution in [0.15, 0.2) is 24.4 Å². The molecule has 104 valence electrons. The molecule has 6 nitrogen and oxygen atoms in total. The van der Waals surface area contributed by atoms with Crippen LogP contribution >= 0.6 is 0 Å². The van der Waals surface area contributed by atoms with E-state index in [4.69, 9.17) is 5.11 Å². The molecule has 2 aromatic heterocycles. The molecule has 3 heterocycles. The lowest BCUT2D eigenvalue weighted by atomic mass is 10.3. The number of rotatable bonds is 3. The molecular weight excluding hydrogens is 254 g/mol. The normalized spacial score (nSPS) is 16.5. The highest BCUT2D eigenvalue weighted by atomic mass is 16.3. The molecule has 0 aromatic carbocycles. The molecule has 6 heteroatoms. The van der Waals surface area contributed by atoms with E-state index in [0.29, 0.717) is 12.2 Å². The Kier molecular flexibility index (Phi) is 3.54. The molecule has 1 N–H and O–H groups in total. The Balaban J connectivity index is 1.86. The van der Waals surface area contributed by atoms with Crippen LogP contribution in [0, 0.1) is 11.3 Å². The number of aromatic nitrogens is 2. The van der Waals surface area contributed by atoms with Gasteiger partial charge in [-0.05, 0) is 12.1 Å². The molecule has 0 radical (unpaired) electrons. The summed E-state index contributed by atoms with van der Waals surface area (Å²) >= 11 is 0. The quantitative estimate of drug-likeness (QED) is 0.871. The first-order valence-corrected chi connectivity index (χ1v) is 6.79. The zero-order valence-electron chi connectivity index (χ0n) is 11.2. The van der Waals surface area contributed by atoms with Gasteiger partial charge in [-0.1, -0.05) is 6.07 Å². The van der Waals surface area contributed by atoms with Gasteiger partial charge in [-0.3, -0.25) is 9.30 Å². The fraction of sp³-hybridized carbons (Fsp3) is 0.429. The molecule has 0 unspecified atom stereocenters. The molecule has 1 aliphatic rings. The molecule has 0 saturated carbocycles. The van der Waals surface area contributed by atoms with Gasteiger partial charge in [0.2, 0.25) is 0 Å². The molecule has 0 bridgehead atoms. The van der Waals surface area contributed by atoms with Crippen molar-refractivity contribution in [3.63, 3.8) is 0 Å². The molecule has 0 atom stereocenters. The predicted octanol–water partition coefficient (Wildman–Crippen LogP) is 0.320. The molecule has 0 aliphatic carbocycles. The van der Waals surface area contributed by atoms with Gasteiger partial charge >= 0.3 is 0 Å². The predicted molar refractivity (Wildman–Crippen MR) is 75.6 cm³/mol. The maximum absolute atomic E-state index is 9.39. The summed E-state index contributed by atoms with van der Waals surface area (Å²) in [5.74, 6) is 0.766. The minimum absolute atomic E-state index is 0.192. The van der Waals surface area contributed by atoms with Crippen LogP contribution in [0.2, 0.25) is 0 Å². The molecule has 20 heavy (non-hydrogen) atoms. The molecule has 1 fully saturated rings. The molecule has 1 aliphatic heterocycles. The lowest BCUT2D eigenvalue weighted by Crippen LogP contribution is -2.47. The van der Waals surface area contributed by atoms with Crippen LogP contribution in [0.5, 0.6) is 0 Å². The monoisotopic (exact) mass is 271 g/mol. The van der Waals surface area contributed by atoms with Crippen molar-refractivity contribution in [2.45, 2.75) is 0 Å². The number of aliphatic hydroxyl groups is 1. The smallest absolute Gasteiger partial charge is 0.169 e. The third-order valence-corrected chi connectivity index (χ3v) is 3.71. The van der Waals surface area contributed by atoms with Crippen molar-refractivity contribution >= 4 is 11.5 Å². The first-order chi connectivity index (χ1) is 9.83. The van der Waals surface area contributed by atoms with Crippen molar-refractivity contribution in [2.75, 3.05) is 44.2 Å². The minimum atomic E-state index is 0.192. The zero-order chi connectivity index (χ0) is 13.9. The lowest BCUT2D eigenvalue weighted by Gasteiger charge is -2.34. The highest BCUT2D eigenvalue weighted by Crippen LogP contribution is 2.22. The average molecular weight is 271 g/mol. The second-order valence-corrected chi connectivity index (χ2v) is 4.88. The van der Waals surface area contributed by atoms with Gasteiger partial charge in [0.05, 0.1) is 6.61 Å². The Bertz CT molecular complexity index is 637. The second kappa shape index (κ2) is 5.49. The fourth-order valence-electron chi connectivity index (χ4n) is 2.63. The van der Waals surface area contributed by atoms with Gasteiger partial charge in [0, 0.05) is 38.9 Å². The Morgan fingerprint density at radius 1 is 1.25 bits per heavy atom. The molecule has 0 spiro atoms. The summed E-state index contributed by atoms with van der Waals surface area (Å²) in [6.07, 6.45) is 1.87. The third kappa shape index (κ3) is 2.22. The Labute approximate surface area is 117 Å². The minimum Gasteiger partial charge on any atom is -0.395 e. The van der Waals surface area contributed by atoms with Gasteiger partial charge < -0.3 is 10.0 Å². The molecular formula is C14H17N5O. The van der Waals surface area contributed by atoms with E-state index in [1.807, 2.05) is 28.8 Å². The van der Waals surface area contributed by atoms with Gasteiger partial charge in [0.1, 0.15) is 11.7 Å². The van der Waals surface area contributed by atoms with Crippen LogP contribution < -0.4 is 4.90 Å². The highest BCUT2D eigenvalue weighted by molar-refractivity contribution is 5.60. The number of nitrogens with zero attached hydrogens (tertiary/aromatic N) is 5. The Hall–Kier alpha value is -2.10. The number of imidazole rings is 1. The van der Waals surface area contributed by atoms with Gasteiger partial charge in [-0.25, -0.2) is 4.98 Å². The molecule has 0 amide bonds. The second-order valence-electron chi connectivity index (χ2n) is 4.88. The highest BCUT2D eigenvalue weighted by Gasteiger charge is 2.22. The maximum atomic E-state index is 9.39. The van der Waals surface area contributed by atoms with Crippen molar-refractivity contribution in [3.05, 3.63) is 30.1 Å². The fourth-order valence-corrected chi connectivity index (χ4v) is 2.63. The summed E-state index contributed by atoms with van der Waals surface area (Å²) in [6, 6.07) is 7.99. The van der Waals surface area contributed by atoms with Crippen molar-refractivity contribution in [1.29, 1.82) is 5.26 Å². The third-order valence-electron chi connectivity index (χ3n) is 3.71. The zero-order valence-corrected chi connectivity index (χ0v) is 11.2. The summed E-state index contributed by atoms with van der Waals surface area (Å²) < 4.78 is 1.83. The number of hydrogen-bond donors (Lipinski definition) is 1. The summed E-state index contributed by atoms with van der Waals surface area (Å²) in [6.45, 7) is 4.34. The number of nitriles is 1. The summed E-state index contributed by atoms with van der Waals surface area (Å²) in [4.78, 5) is 8.95. The number of anilines is 1. The largest absolute Gasteiger partial charge is 0.395 e. The summed E-state index contributed by atoms with van der Waals surface area (Å²) in [5.41, 5.74) is 1.40. The molecule has 3 rings (SSSR count). The first-order valence-electron chi connectivity index (χ1n) is 6.79. The van der Waals surface area contributed by atoms with Crippen LogP contribution in [0.1, 0.15) is 5.69 Å². The van der Waals surface area contributed by atoms with E-state index in [9.17, 15) is 5.26 Å². The van der Waals surface area contributed by atoms with E-state index in [1.165, 1.54) is 0 Å². The van der Waals surface area contributed by atoms with Gasteiger partial charge in [0.15, 0.2) is 11.5 Å². The SMILES string of the molecule is N#Cc1c(N2CCN(CCO)CC2)nc2ccccn12. The standard InChI is InChI=1S/C14H17N5O/c15-11-12-14(16-13-3-1-2-4-19(12)13)18-7-5-17(6-8-18)9-10-20/h1-4,20H,5-10H2. The maximum Gasteiger partial charge on any atom is 0.169 e. The number of hydrogen-bond acceptors (Lipinski definition) is 5. The lowest BCUT2D eigenvalue weighted by molar-refractivity contribution is 0.188. The number of piperazine rings is 1. The first kappa shape index (κ1) is 12.9. The number of aliphatic hydroxyl groups excluding tert-OH is 1. The molecule has 1 saturated heterocycles. The number of fused-ring (bicyclic) bond motifs is 1. The topological polar surface area (TPSA) is 67.8 Å². The van der Waals surface area contributed by atoms with Crippen LogP contribution in [0.4, 0.5) is 5.82 Å². The van der Waals surface area contributed by atoms with E-state index >= 15 is 0 Å². The van der Waals surface area contributed by atoms with Crippen LogP contribution in [0.25, 0.3) is 5.65 Å². The van der Waals surface area contributed by atoms with Crippen molar-refractivity contribution in [2.24, 2.45) is 0 Å². The number of β-amino-alcohol motifs (C(OH)–C–C–N with tert-alkyl or cyclic N) is 1. The van der Waals surface area contributed by atoms with Crippen LogP contribution in [-0.2, 0) is 0 Å². The Morgan fingerprint density at radius 2 is 2.05 bits per heavy atom. The van der Waals surface area contributed by atoms with E-state index < -0.39 is 0 Å². The van der Waals surface area contributed by atoms with E-state index in [0.717, 1.165) is 37.6 Å². The van der Waals surface area contributed by atoms with Gasteiger partial charge in [-0.2, -0.15) is 5.26 Å². The summed E-state index contributed by atoms with van der Waals surface area (Å²) in [5, 5.41) is 18.4. The van der Waals surface area contributed by atoms with Crippen molar-refractivity contribution in [1.82, 2.24) is 14.3 Å². The Morgan fingerprint density at radius 3 is 2.75 bits per heavy atom. The van der Waals surface area contributed by atoms with Crippen LogP contribution in [-0.4, -0.2) is 58.7 Å². The van der Waals surface area contributed by atoms with E-state index in [2.05, 4.69) is 20.9 Å². The van der Waals surface area contributed by atoms with E-state index in [1.54, 1.807) is 0 Å². The van der Waals surface area contributed by atoms with Crippen molar-refractivity contribution < 1.29 is 5.11 Å². The average Bonchev–Trinajstić information content (AvgIpc) is 2.87. The van der Waals surface area contributed by atoms with Gasteiger partial charge in [-0.15, -0.1) is 0 Å². The van der Waals surface area contributed by atoms with Crippen molar-refractivity contribution in [3.8, 4) is 6.07 Å².